The molecule has 112 valence electrons. The van der Waals surface area contributed by atoms with Gasteiger partial charge in [-0.25, -0.2) is 0 Å². The van der Waals surface area contributed by atoms with Crippen molar-refractivity contribution in [1.82, 2.24) is 4.90 Å². The molecule has 1 atom stereocenters. The first-order valence-corrected chi connectivity index (χ1v) is 7.85. The van der Waals surface area contributed by atoms with Crippen LogP contribution < -0.4 is 0 Å². The number of nitrogens with zero attached hydrogens (tertiary/aromatic N) is 1. The minimum Gasteiger partial charge on any atom is -0.378 e. The molecule has 2 aliphatic rings. The highest BCUT2D eigenvalue weighted by Crippen LogP contribution is 2.43. The minimum atomic E-state index is -0.402. The lowest BCUT2D eigenvalue weighted by Gasteiger charge is -2.42. The molecular formula is C18H23NO2. The zero-order chi connectivity index (χ0) is 14.9. The smallest absolute Gasteiger partial charge is 0.175 e. The van der Waals surface area contributed by atoms with Crippen molar-refractivity contribution in [3.63, 3.8) is 0 Å². The van der Waals surface area contributed by atoms with E-state index in [1.54, 1.807) is 0 Å². The second kappa shape index (κ2) is 5.64. The van der Waals surface area contributed by atoms with E-state index >= 15 is 0 Å². The number of allylic oxidation sites excluding steroid dienone is 1. The number of ketones is 1. The van der Waals surface area contributed by atoms with Gasteiger partial charge in [-0.1, -0.05) is 37.6 Å². The van der Waals surface area contributed by atoms with E-state index in [0.29, 0.717) is 0 Å². The Morgan fingerprint density at radius 3 is 2.67 bits per heavy atom. The van der Waals surface area contributed by atoms with Crippen LogP contribution in [-0.4, -0.2) is 37.0 Å². The first-order chi connectivity index (χ1) is 10.2. The largest absolute Gasteiger partial charge is 0.378 e. The molecule has 3 heteroatoms. The van der Waals surface area contributed by atoms with E-state index in [9.17, 15) is 4.79 Å². The van der Waals surface area contributed by atoms with Crippen molar-refractivity contribution in [2.75, 3.05) is 26.3 Å². The van der Waals surface area contributed by atoms with Gasteiger partial charge in [0.2, 0.25) is 0 Å². The molecule has 1 saturated heterocycles. The Kier molecular flexibility index (Phi) is 3.85. The van der Waals surface area contributed by atoms with Gasteiger partial charge in [-0.05, 0) is 25.0 Å². The van der Waals surface area contributed by atoms with Gasteiger partial charge in [0, 0.05) is 24.4 Å². The topological polar surface area (TPSA) is 29.5 Å². The summed E-state index contributed by atoms with van der Waals surface area (Å²) in [5.74, 6) is 0.268. The summed E-state index contributed by atoms with van der Waals surface area (Å²) in [5.41, 5.74) is 2.69. The van der Waals surface area contributed by atoms with Crippen molar-refractivity contribution in [3.8, 4) is 0 Å². The van der Waals surface area contributed by atoms with Crippen LogP contribution in [0.25, 0.3) is 6.08 Å². The SMILES string of the molecule is CCCC1(C)C(=O)c2ccccc2C=C1N1CCOCC1. The molecule has 0 aromatic heterocycles. The molecule has 21 heavy (non-hydrogen) atoms. The molecule has 1 fully saturated rings. The molecule has 1 heterocycles. The van der Waals surface area contributed by atoms with Crippen molar-refractivity contribution in [2.24, 2.45) is 5.41 Å². The Balaban J connectivity index is 2.08. The Morgan fingerprint density at radius 1 is 1.24 bits per heavy atom. The second-order valence-electron chi connectivity index (χ2n) is 6.13. The molecule has 1 aliphatic carbocycles. The normalized spacial score (nSPS) is 25.5. The van der Waals surface area contributed by atoms with E-state index in [4.69, 9.17) is 4.74 Å². The predicted molar refractivity (Wildman–Crippen MR) is 84.2 cm³/mol. The third-order valence-corrected chi connectivity index (χ3v) is 4.67. The van der Waals surface area contributed by atoms with Crippen LogP contribution in [0, 0.1) is 5.41 Å². The van der Waals surface area contributed by atoms with Crippen molar-refractivity contribution < 1.29 is 9.53 Å². The van der Waals surface area contributed by atoms with Gasteiger partial charge >= 0.3 is 0 Å². The summed E-state index contributed by atoms with van der Waals surface area (Å²) in [6.45, 7) is 7.50. The zero-order valence-electron chi connectivity index (χ0n) is 12.9. The number of benzene rings is 1. The number of hydrogen-bond donors (Lipinski definition) is 0. The van der Waals surface area contributed by atoms with Gasteiger partial charge in [0.05, 0.1) is 18.6 Å². The molecular weight excluding hydrogens is 262 g/mol. The maximum Gasteiger partial charge on any atom is 0.175 e. The third-order valence-electron chi connectivity index (χ3n) is 4.67. The monoisotopic (exact) mass is 285 g/mol. The Bertz CT molecular complexity index is 572. The number of carbonyl (C=O) groups excluding carboxylic acids is 1. The summed E-state index contributed by atoms with van der Waals surface area (Å²) >= 11 is 0. The van der Waals surface area contributed by atoms with Gasteiger partial charge in [0.15, 0.2) is 5.78 Å². The average Bonchev–Trinajstić information content (AvgIpc) is 2.52. The number of hydrogen-bond acceptors (Lipinski definition) is 3. The number of carbonyl (C=O) groups is 1. The summed E-state index contributed by atoms with van der Waals surface area (Å²) in [6.07, 6.45) is 4.12. The van der Waals surface area contributed by atoms with Crippen molar-refractivity contribution in [3.05, 3.63) is 41.1 Å². The molecule has 0 bridgehead atoms. The second-order valence-corrected chi connectivity index (χ2v) is 6.13. The molecule has 1 aromatic carbocycles. The van der Waals surface area contributed by atoms with Gasteiger partial charge in [0.1, 0.15) is 0 Å². The van der Waals surface area contributed by atoms with Crippen LogP contribution in [0.1, 0.15) is 42.6 Å². The highest BCUT2D eigenvalue weighted by molar-refractivity contribution is 6.07. The van der Waals surface area contributed by atoms with Crippen molar-refractivity contribution in [2.45, 2.75) is 26.7 Å². The highest BCUT2D eigenvalue weighted by atomic mass is 16.5. The first kappa shape index (κ1) is 14.3. The van der Waals surface area contributed by atoms with Gasteiger partial charge in [-0.15, -0.1) is 0 Å². The molecule has 0 spiro atoms. The lowest BCUT2D eigenvalue weighted by molar-refractivity contribution is 0.0396. The van der Waals surface area contributed by atoms with Gasteiger partial charge in [0.25, 0.3) is 0 Å². The molecule has 3 rings (SSSR count). The van der Waals surface area contributed by atoms with Crippen LogP contribution >= 0.6 is 0 Å². The van der Waals surface area contributed by atoms with E-state index in [-0.39, 0.29) is 5.78 Å². The molecule has 0 amide bonds. The fourth-order valence-corrected chi connectivity index (χ4v) is 3.54. The molecule has 3 nitrogen and oxygen atoms in total. The van der Waals surface area contributed by atoms with Crippen LogP contribution in [0.5, 0.6) is 0 Å². The summed E-state index contributed by atoms with van der Waals surface area (Å²) < 4.78 is 5.46. The Morgan fingerprint density at radius 2 is 1.95 bits per heavy atom. The maximum absolute atomic E-state index is 13.1. The quantitative estimate of drug-likeness (QED) is 0.853. The lowest BCUT2D eigenvalue weighted by Crippen LogP contribution is -2.45. The number of Topliss-reactive ketones (excluding diaryl/α,β-unsaturated/α-hetero) is 1. The van der Waals surface area contributed by atoms with Crippen molar-refractivity contribution >= 4 is 11.9 Å². The van der Waals surface area contributed by atoms with Crippen LogP contribution in [-0.2, 0) is 4.74 Å². The van der Waals surface area contributed by atoms with Gasteiger partial charge < -0.3 is 9.64 Å². The number of ether oxygens (including phenoxy) is 1. The van der Waals surface area contributed by atoms with E-state index in [0.717, 1.165) is 50.3 Å². The molecule has 1 unspecified atom stereocenters. The molecule has 1 aromatic rings. The summed E-state index contributed by atoms with van der Waals surface area (Å²) in [4.78, 5) is 15.4. The Labute approximate surface area is 126 Å². The Hall–Kier alpha value is -1.61. The van der Waals surface area contributed by atoms with Crippen LogP contribution in [0.4, 0.5) is 0 Å². The van der Waals surface area contributed by atoms with Crippen LogP contribution in [0.3, 0.4) is 0 Å². The van der Waals surface area contributed by atoms with E-state index in [2.05, 4.69) is 24.8 Å². The predicted octanol–water partition coefficient (Wildman–Crippen LogP) is 3.36. The fraction of sp³-hybridized carbons (Fsp3) is 0.500. The maximum atomic E-state index is 13.1. The van der Waals surface area contributed by atoms with Crippen LogP contribution in [0.15, 0.2) is 30.0 Å². The average molecular weight is 285 g/mol. The lowest BCUT2D eigenvalue weighted by atomic mass is 9.70. The van der Waals surface area contributed by atoms with E-state index < -0.39 is 5.41 Å². The third kappa shape index (κ3) is 2.40. The van der Waals surface area contributed by atoms with Gasteiger partial charge in [-0.2, -0.15) is 0 Å². The number of fused-ring (bicyclic) bond motifs is 1. The van der Waals surface area contributed by atoms with Gasteiger partial charge in [-0.3, -0.25) is 4.79 Å². The first-order valence-electron chi connectivity index (χ1n) is 7.85. The summed E-state index contributed by atoms with van der Waals surface area (Å²) in [7, 11) is 0. The zero-order valence-corrected chi connectivity index (χ0v) is 12.9. The van der Waals surface area contributed by atoms with E-state index in [1.807, 2.05) is 24.3 Å². The van der Waals surface area contributed by atoms with Crippen LogP contribution in [0.2, 0.25) is 0 Å². The fourth-order valence-electron chi connectivity index (χ4n) is 3.54. The summed E-state index contributed by atoms with van der Waals surface area (Å²) in [5, 5.41) is 0. The minimum absolute atomic E-state index is 0.268. The molecule has 0 saturated carbocycles. The number of rotatable bonds is 3. The molecule has 0 radical (unpaired) electrons. The highest BCUT2D eigenvalue weighted by Gasteiger charge is 2.42. The molecule has 0 N–H and O–H groups in total. The van der Waals surface area contributed by atoms with Crippen molar-refractivity contribution in [1.29, 1.82) is 0 Å². The standard InChI is InChI=1S/C18H23NO2/c1-3-8-18(2)16(19-9-11-21-12-10-19)13-14-6-4-5-7-15(14)17(18)20/h4-7,13H,3,8-12H2,1-2H3. The number of morpholine rings is 1. The molecule has 1 aliphatic heterocycles. The van der Waals surface area contributed by atoms with E-state index in [1.165, 1.54) is 5.70 Å². The summed E-state index contributed by atoms with van der Waals surface area (Å²) in [6, 6.07) is 7.95.